The number of ether oxygens (including phenoxy) is 1. The molecule has 2 aliphatic heterocycles. The molecule has 0 atom stereocenters. The summed E-state index contributed by atoms with van der Waals surface area (Å²) in [6, 6.07) is 6.00. The van der Waals surface area contributed by atoms with Crippen LogP contribution in [0.1, 0.15) is 11.1 Å². The Morgan fingerprint density at radius 2 is 1.95 bits per heavy atom. The number of alkyl halides is 3. The lowest BCUT2D eigenvalue weighted by Crippen LogP contribution is -2.61. The first-order chi connectivity index (χ1) is 10.2. The molecule has 0 unspecified atom stereocenters. The second-order valence-corrected chi connectivity index (χ2v) is 4.91. The van der Waals surface area contributed by atoms with Crippen LogP contribution in [0.3, 0.4) is 0 Å². The minimum atomic E-state index is -5.08. The van der Waals surface area contributed by atoms with Gasteiger partial charge in [0.25, 0.3) is 0 Å². The summed E-state index contributed by atoms with van der Waals surface area (Å²) in [5.74, 6) is -2.76. The maximum atomic E-state index is 11.4. The molecule has 9 heteroatoms. The van der Waals surface area contributed by atoms with Crippen LogP contribution >= 0.6 is 0 Å². The van der Waals surface area contributed by atoms with Crippen molar-refractivity contribution in [3.8, 4) is 0 Å². The van der Waals surface area contributed by atoms with E-state index in [9.17, 15) is 18.0 Å². The Morgan fingerprint density at radius 3 is 2.41 bits per heavy atom. The molecule has 3 N–H and O–H groups in total. The van der Waals surface area contributed by atoms with Crippen LogP contribution in [0.25, 0.3) is 0 Å². The molecule has 0 saturated carbocycles. The standard InChI is InChI=1S/C11H12N2O2.C2HF3O2/c1-7-3-2-4-8-9(7)13-10(14)15-11(8)5-12-6-11;3-2(4,5)1(6)7/h2-4,12H,5-6H2,1H3,(H,13,14);(H,6,7). The number of anilines is 1. The summed E-state index contributed by atoms with van der Waals surface area (Å²) >= 11 is 0. The van der Waals surface area contributed by atoms with E-state index in [1.54, 1.807) is 0 Å². The number of para-hydroxylation sites is 1. The first-order valence-corrected chi connectivity index (χ1v) is 6.27. The fraction of sp³-hybridized carbons (Fsp3) is 0.385. The Morgan fingerprint density at radius 1 is 1.36 bits per heavy atom. The van der Waals surface area contributed by atoms with Gasteiger partial charge in [-0.1, -0.05) is 18.2 Å². The van der Waals surface area contributed by atoms with Gasteiger partial charge in [0.15, 0.2) is 5.60 Å². The maximum Gasteiger partial charge on any atom is 0.490 e. The Hall–Kier alpha value is -2.29. The molecule has 1 aromatic carbocycles. The highest BCUT2D eigenvalue weighted by Gasteiger charge is 2.47. The number of aliphatic carboxylic acids is 1. The van der Waals surface area contributed by atoms with Crippen molar-refractivity contribution in [2.24, 2.45) is 0 Å². The van der Waals surface area contributed by atoms with Crippen molar-refractivity contribution in [1.82, 2.24) is 5.32 Å². The summed E-state index contributed by atoms with van der Waals surface area (Å²) in [6.07, 6.45) is -5.43. The summed E-state index contributed by atoms with van der Waals surface area (Å²) < 4.78 is 37.1. The smallest absolute Gasteiger partial charge is 0.475 e. The topological polar surface area (TPSA) is 87.7 Å². The van der Waals surface area contributed by atoms with Crippen molar-refractivity contribution in [3.05, 3.63) is 29.3 Å². The SMILES string of the molecule is Cc1cccc2c1NC(=O)OC21CNC1.O=C(O)C(F)(F)F. The van der Waals surface area contributed by atoms with Gasteiger partial charge in [-0.25, -0.2) is 9.59 Å². The third-order valence-corrected chi connectivity index (χ3v) is 3.34. The molecule has 0 bridgehead atoms. The molecule has 120 valence electrons. The number of benzene rings is 1. The predicted octanol–water partition coefficient (Wildman–Crippen LogP) is 1.99. The van der Waals surface area contributed by atoms with E-state index in [0.717, 1.165) is 16.8 Å². The monoisotopic (exact) mass is 318 g/mol. The van der Waals surface area contributed by atoms with Gasteiger partial charge in [-0.15, -0.1) is 0 Å². The lowest BCUT2D eigenvalue weighted by molar-refractivity contribution is -0.192. The van der Waals surface area contributed by atoms with Crippen molar-refractivity contribution >= 4 is 17.7 Å². The van der Waals surface area contributed by atoms with E-state index in [4.69, 9.17) is 14.6 Å². The Labute approximate surface area is 123 Å². The number of carbonyl (C=O) groups is 2. The van der Waals surface area contributed by atoms with E-state index in [2.05, 4.69) is 10.6 Å². The largest absolute Gasteiger partial charge is 0.490 e. The fourth-order valence-corrected chi connectivity index (χ4v) is 2.19. The van der Waals surface area contributed by atoms with E-state index in [1.807, 2.05) is 25.1 Å². The van der Waals surface area contributed by atoms with Crippen LogP contribution in [0, 0.1) is 6.92 Å². The third kappa shape index (κ3) is 2.98. The van der Waals surface area contributed by atoms with E-state index < -0.39 is 17.7 Å². The molecule has 1 spiro atoms. The molecule has 6 nitrogen and oxygen atoms in total. The number of carboxylic acid groups (broad SMARTS) is 1. The van der Waals surface area contributed by atoms with Crippen molar-refractivity contribution in [3.63, 3.8) is 0 Å². The first-order valence-electron chi connectivity index (χ1n) is 6.27. The number of rotatable bonds is 0. The summed E-state index contributed by atoms with van der Waals surface area (Å²) in [6.45, 7) is 3.40. The number of halogens is 3. The van der Waals surface area contributed by atoms with Crippen LogP contribution in [0.15, 0.2) is 18.2 Å². The van der Waals surface area contributed by atoms with Gasteiger partial charge in [-0.2, -0.15) is 13.2 Å². The lowest BCUT2D eigenvalue weighted by Gasteiger charge is -2.45. The van der Waals surface area contributed by atoms with Gasteiger partial charge in [-0.3, -0.25) is 5.32 Å². The minimum absolute atomic E-state index is 0.349. The molecule has 2 heterocycles. The van der Waals surface area contributed by atoms with E-state index in [0.29, 0.717) is 13.1 Å². The first kappa shape index (κ1) is 16.1. The Bertz CT molecular complexity index is 612. The summed E-state index contributed by atoms with van der Waals surface area (Å²) in [5, 5.41) is 13.0. The van der Waals surface area contributed by atoms with Gasteiger partial charge >= 0.3 is 18.2 Å². The molecular weight excluding hydrogens is 305 g/mol. The van der Waals surface area contributed by atoms with Gasteiger partial charge in [0.2, 0.25) is 0 Å². The minimum Gasteiger partial charge on any atom is -0.475 e. The highest BCUT2D eigenvalue weighted by Crippen LogP contribution is 2.40. The van der Waals surface area contributed by atoms with Gasteiger partial charge < -0.3 is 15.2 Å². The highest BCUT2D eigenvalue weighted by molar-refractivity contribution is 5.90. The number of hydrogen-bond acceptors (Lipinski definition) is 4. The van der Waals surface area contributed by atoms with E-state index in [-0.39, 0.29) is 6.09 Å². The zero-order valence-electron chi connectivity index (χ0n) is 11.5. The molecule has 1 aromatic rings. The number of amides is 1. The fourth-order valence-electron chi connectivity index (χ4n) is 2.19. The second kappa shape index (κ2) is 5.48. The molecule has 1 amide bonds. The average molecular weight is 318 g/mol. The van der Waals surface area contributed by atoms with Crippen molar-refractivity contribution in [2.45, 2.75) is 18.7 Å². The predicted molar refractivity (Wildman–Crippen MR) is 69.5 cm³/mol. The molecule has 22 heavy (non-hydrogen) atoms. The number of carbonyl (C=O) groups excluding carboxylic acids is 1. The van der Waals surface area contributed by atoms with Gasteiger partial charge in [0, 0.05) is 18.7 Å². The molecule has 0 aliphatic carbocycles. The molecule has 2 aliphatic rings. The molecule has 0 radical (unpaired) electrons. The van der Waals surface area contributed by atoms with Crippen molar-refractivity contribution in [1.29, 1.82) is 0 Å². The van der Waals surface area contributed by atoms with Crippen LogP contribution in [0.2, 0.25) is 0 Å². The average Bonchev–Trinajstić information content (AvgIpc) is 2.37. The van der Waals surface area contributed by atoms with E-state index >= 15 is 0 Å². The quantitative estimate of drug-likeness (QED) is 0.681. The van der Waals surface area contributed by atoms with Crippen LogP contribution in [-0.4, -0.2) is 36.4 Å². The summed E-state index contributed by atoms with van der Waals surface area (Å²) in [7, 11) is 0. The number of carboxylic acids is 1. The lowest BCUT2D eigenvalue weighted by atomic mass is 9.84. The molecule has 1 saturated heterocycles. The van der Waals surface area contributed by atoms with Gasteiger partial charge in [-0.05, 0) is 12.5 Å². The molecular formula is C13H13F3N2O4. The normalized spacial score (nSPS) is 18.1. The van der Waals surface area contributed by atoms with Crippen LogP contribution in [-0.2, 0) is 15.1 Å². The summed E-state index contributed by atoms with van der Waals surface area (Å²) in [5.41, 5.74) is 2.65. The molecule has 3 rings (SSSR count). The zero-order valence-corrected chi connectivity index (χ0v) is 11.5. The van der Waals surface area contributed by atoms with Crippen molar-refractivity contribution < 1.29 is 32.6 Å². The molecule has 1 fully saturated rings. The number of aryl methyl sites for hydroxylation is 1. The third-order valence-electron chi connectivity index (χ3n) is 3.34. The maximum absolute atomic E-state index is 11.4. The van der Waals surface area contributed by atoms with Crippen LogP contribution in [0.4, 0.5) is 23.7 Å². The molecule has 0 aromatic heterocycles. The van der Waals surface area contributed by atoms with E-state index in [1.165, 1.54) is 0 Å². The van der Waals surface area contributed by atoms with Crippen molar-refractivity contribution in [2.75, 3.05) is 18.4 Å². The Balaban J connectivity index is 0.000000217. The number of nitrogens with one attached hydrogen (secondary N) is 2. The Kier molecular flexibility index (Phi) is 4.01. The highest BCUT2D eigenvalue weighted by atomic mass is 19.4. The number of hydrogen-bond donors (Lipinski definition) is 3. The van der Waals surface area contributed by atoms with Gasteiger partial charge in [0.05, 0.1) is 5.69 Å². The van der Waals surface area contributed by atoms with Crippen LogP contribution < -0.4 is 10.6 Å². The van der Waals surface area contributed by atoms with Gasteiger partial charge in [0.1, 0.15) is 0 Å². The number of fused-ring (bicyclic) bond motifs is 2. The zero-order chi connectivity index (χ0) is 16.5. The van der Waals surface area contributed by atoms with Crippen LogP contribution in [0.5, 0.6) is 0 Å². The second-order valence-electron chi connectivity index (χ2n) is 4.91. The summed E-state index contributed by atoms with van der Waals surface area (Å²) in [4.78, 5) is 20.3.